The molecule has 1 N–H and O–H groups in total. The number of hydrogen-bond acceptors (Lipinski definition) is 5. The van der Waals surface area contributed by atoms with Crippen molar-refractivity contribution in [2.75, 3.05) is 19.6 Å². The van der Waals surface area contributed by atoms with E-state index < -0.39 is 0 Å². The number of piperidine rings is 3. The number of rotatable bonds is 3. The molecule has 128 valence electrons. The largest absolute Gasteiger partial charge is 0.459 e. The Labute approximate surface area is 144 Å². The van der Waals surface area contributed by atoms with Crippen LogP contribution in [0.3, 0.4) is 0 Å². The van der Waals surface area contributed by atoms with E-state index in [4.69, 9.17) is 8.83 Å². The van der Waals surface area contributed by atoms with Crippen molar-refractivity contribution in [1.82, 2.24) is 15.2 Å². The highest BCUT2D eigenvalue weighted by molar-refractivity contribution is 6.04. The van der Waals surface area contributed by atoms with Crippen molar-refractivity contribution in [3.05, 3.63) is 42.2 Å². The average Bonchev–Trinajstić information content (AvgIpc) is 3.31. The summed E-state index contributed by atoms with van der Waals surface area (Å²) in [5, 5.41) is 3.22. The van der Waals surface area contributed by atoms with E-state index in [2.05, 4.69) is 15.2 Å². The molecule has 3 aromatic rings. The Bertz CT molecular complexity index is 907. The zero-order valence-electron chi connectivity index (χ0n) is 13.8. The Hall–Kier alpha value is -2.60. The van der Waals surface area contributed by atoms with Crippen LogP contribution in [0, 0.1) is 5.92 Å². The second-order valence-electron chi connectivity index (χ2n) is 6.87. The van der Waals surface area contributed by atoms with Gasteiger partial charge in [0.15, 0.2) is 11.3 Å². The van der Waals surface area contributed by atoms with E-state index in [0.29, 0.717) is 34.2 Å². The predicted molar refractivity (Wildman–Crippen MR) is 92.1 cm³/mol. The van der Waals surface area contributed by atoms with Crippen molar-refractivity contribution in [3.8, 4) is 11.7 Å². The number of furan rings is 1. The first kappa shape index (κ1) is 14.7. The highest BCUT2D eigenvalue weighted by Crippen LogP contribution is 2.29. The quantitative estimate of drug-likeness (QED) is 0.796. The molecule has 5 heterocycles. The molecule has 2 bridgehead atoms. The summed E-state index contributed by atoms with van der Waals surface area (Å²) < 4.78 is 11.1. The Balaban J connectivity index is 1.45. The number of hydrogen-bond donors (Lipinski definition) is 1. The van der Waals surface area contributed by atoms with Crippen LogP contribution < -0.4 is 5.32 Å². The molecule has 1 aromatic carbocycles. The molecule has 6 rings (SSSR count). The Morgan fingerprint density at radius 1 is 1.20 bits per heavy atom. The number of carbonyl (C=O) groups is 1. The van der Waals surface area contributed by atoms with Gasteiger partial charge in [-0.2, -0.15) is 0 Å². The van der Waals surface area contributed by atoms with Crippen molar-refractivity contribution in [2.24, 2.45) is 5.92 Å². The van der Waals surface area contributed by atoms with Gasteiger partial charge in [-0.3, -0.25) is 4.79 Å². The molecule has 3 fully saturated rings. The maximum absolute atomic E-state index is 12.9. The van der Waals surface area contributed by atoms with Gasteiger partial charge < -0.3 is 19.1 Å². The van der Waals surface area contributed by atoms with E-state index in [1.54, 1.807) is 24.5 Å². The molecule has 3 aliphatic rings. The summed E-state index contributed by atoms with van der Waals surface area (Å²) in [7, 11) is 0. The third-order valence-corrected chi connectivity index (χ3v) is 5.37. The zero-order chi connectivity index (χ0) is 16.8. The number of amides is 1. The van der Waals surface area contributed by atoms with Crippen LogP contribution in [0.4, 0.5) is 0 Å². The van der Waals surface area contributed by atoms with Gasteiger partial charge in [-0.05, 0) is 56.1 Å². The summed E-state index contributed by atoms with van der Waals surface area (Å²) in [6.07, 6.45) is 3.91. The molecule has 2 aromatic heterocycles. The molecule has 0 spiro atoms. The van der Waals surface area contributed by atoms with Crippen molar-refractivity contribution in [1.29, 1.82) is 0 Å². The van der Waals surface area contributed by atoms with Gasteiger partial charge in [-0.15, -0.1) is 0 Å². The number of benzene rings is 1. The van der Waals surface area contributed by atoms with Crippen LogP contribution in [0.25, 0.3) is 22.8 Å². The van der Waals surface area contributed by atoms with E-state index in [9.17, 15) is 4.79 Å². The highest BCUT2D eigenvalue weighted by atomic mass is 16.4. The monoisotopic (exact) mass is 337 g/mol. The van der Waals surface area contributed by atoms with Gasteiger partial charge in [-0.25, -0.2) is 4.98 Å². The van der Waals surface area contributed by atoms with Crippen LogP contribution in [0.5, 0.6) is 0 Å². The van der Waals surface area contributed by atoms with Gasteiger partial charge in [0.1, 0.15) is 5.52 Å². The molecular weight excluding hydrogens is 318 g/mol. The summed E-state index contributed by atoms with van der Waals surface area (Å²) in [5.74, 6) is 1.45. The smallest absolute Gasteiger partial charge is 0.263 e. The Morgan fingerprint density at radius 2 is 2.08 bits per heavy atom. The standard InChI is InChI=1S/C19H19N3O3/c23-18(20-14-11-22-8-6-12(14)7-9-22)13-3-1-4-15-17(13)21-19(25-15)16-5-2-10-24-16/h1-5,10,12,14H,6-9,11H2,(H,20,23)/t14-/m1/s1. The Kier molecular flexibility index (Phi) is 3.38. The average molecular weight is 337 g/mol. The maximum atomic E-state index is 12.9. The molecule has 1 amide bonds. The predicted octanol–water partition coefficient (Wildman–Crippen LogP) is 2.91. The van der Waals surface area contributed by atoms with Crippen molar-refractivity contribution < 1.29 is 13.6 Å². The third kappa shape index (κ3) is 2.53. The van der Waals surface area contributed by atoms with Gasteiger partial charge in [0.05, 0.1) is 11.8 Å². The number of carbonyl (C=O) groups excluding carboxylic acids is 1. The van der Waals surface area contributed by atoms with Crippen molar-refractivity contribution in [2.45, 2.75) is 18.9 Å². The van der Waals surface area contributed by atoms with E-state index in [0.717, 1.165) is 19.6 Å². The third-order valence-electron chi connectivity index (χ3n) is 5.37. The molecule has 0 radical (unpaired) electrons. The molecule has 6 nitrogen and oxygen atoms in total. The lowest BCUT2D eigenvalue weighted by Gasteiger charge is -2.44. The lowest BCUT2D eigenvalue weighted by Crippen LogP contribution is -2.57. The van der Waals surface area contributed by atoms with E-state index in [1.165, 1.54) is 12.8 Å². The van der Waals surface area contributed by atoms with Gasteiger partial charge >= 0.3 is 0 Å². The lowest BCUT2D eigenvalue weighted by atomic mass is 9.84. The first-order valence-electron chi connectivity index (χ1n) is 8.74. The lowest BCUT2D eigenvalue weighted by molar-refractivity contribution is 0.0621. The second kappa shape index (κ2) is 5.74. The normalized spacial score (nSPS) is 25.4. The molecule has 3 aliphatic heterocycles. The molecule has 0 unspecified atom stereocenters. The van der Waals surface area contributed by atoms with E-state index in [-0.39, 0.29) is 11.9 Å². The summed E-state index contributed by atoms with van der Waals surface area (Å²) in [4.78, 5) is 19.8. The fourth-order valence-corrected chi connectivity index (χ4v) is 4.01. The number of aromatic nitrogens is 1. The first-order chi connectivity index (χ1) is 12.3. The van der Waals surface area contributed by atoms with Crippen LogP contribution in [-0.4, -0.2) is 41.5 Å². The zero-order valence-corrected chi connectivity index (χ0v) is 13.8. The number of oxazole rings is 1. The molecule has 25 heavy (non-hydrogen) atoms. The summed E-state index contributed by atoms with van der Waals surface area (Å²) in [6.45, 7) is 3.26. The van der Waals surface area contributed by atoms with Crippen molar-refractivity contribution >= 4 is 17.0 Å². The van der Waals surface area contributed by atoms with Crippen LogP contribution in [0.2, 0.25) is 0 Å². The molecule has 1 atom stereocenters. The molecule has 0 saturated carbocycles. The highest BCUT2D eigenvalue weighted by Gasteiger charge is 2.35. The SMILES string of the molecule is O=C(N[C@@H]1CN2CCC1CC2)c1cccc2oc(-c3ccco3)nc12. The van der Waals surface area contributed by atoms with Crippen LogP contribution in [-0.2, 0) is 0 Å². The number of nitrogens with zero attached hydrogens (tertiary/aromatic N) is 2. The van der Waals surface area contributed by atoms with Crippen LogP contribution in [0.1, 0.15) is 23.2 Å². The summed E-state index contributed by atoms with van der Waals surface area (Å²) in [6, 6.07) is 9.24. The summed E-state index contributed by atoms with van der Waals surface area (Å²) >= 11 is 0. The number of para-hydroxylation sites is 1. The minimum atomic E-state index is -0.0800. The second-order valence-corrected chi connectivity index (χ2v) is 6.87. The van der Waals surface area contributed by atoms with Gasteiger partial charge in [0, 0.05) is 12.6 Å². The fourth-order valence-electron chi connectivity index (χ4n) is 4.01. The van der Waals surface area contributed by atoms with Crippen LogP contribution >= 0.6 is 0 Å². The molecule has 0 aliphatic carbocycles. The topological polar surface area (TPSA) is 71.5 Å². The molecular formula is C19H19N3O3. The molecule has 6 heteroatoms. The van der Waals surface area contributed by atoms with E-state index >= 15 is 0 Å². The van der Waals surface area contributed by atoms with Gasteiger partial charge in [-0.1, -0.05) is 6.07 Å². The minimum absolute atomic E-state index is 0.0800. The number of fused-ring (bicyclic) bond motifs is 4. The Morgan fingerprint density at radius 3 is 2.80 bits per heavy atom. The van der Waals surface area contributed by atoms with Gasteiger partial charge in [0.2, 0.25) is 0 Å². The van der Waals surface area contributed by atoms with E-state index in [1.807, 2.05) is 12.1 Å². The maximum Gasteiger partial charge on any atom is 0.263 e. The number of nitrogens with one attached hydrogen (secondary N) is 1. The fraction of sp³-hybridized carbons (Fsp3) is 0.368. The minimum Gasteiger partial charge on any atom is -0.459 e. The summed E-state index contributed by atoms with van der Waals surface area (Å²) in [5.41, 5.74) is 1.72. The van der Waals surface area contributed by atoms with Crippen molar-refractivity contribution in [3.63, 3.8) is 0 Å². The van der Waals surface area contributed by atoms with Gasteiger partial charge in [0.25, 0.3) is 11.8 Å². The first-order valence-corrected chi connectivity index (χ1v) is 8.74. The van der Waals surface area contributed by atoms with Crippen LogP contribution in [0.15, 0.2) is 45.4 Å². The molecule has 3 saturated heterocycles.